The van der Waals surface area contributed by atoms with Gasteiger partial charge in [-0.05, 0) is 56.2 Å². The van der Waals surface area contributed by atoms with Gasteiger partial charge in [0.1, 0.15) is 6.04 Å². The fraction of sp³-hybridized carbons (Fsp3) is 0.654. The van der Waals surface area contributed by atoms with E-state index in [-0.39, 0.29) is 49.5 Å². The number of piperidine rings is 1. The Labute approximate surface area is 229 Å². The third-order valence-corrected chi connectivity index (χ3v) is 10.3. The van der Waals surface area contributed by atoms with Gasteiger partial charge in [0.2, 0.25) is 11.8 Å². The Balaban J connectivity index is 1.25. The Bertz CT molecular complexity index is 1180. The highest BCUT2D eigenvalue weighted by Crippen LogP contribution is 2.31. The highest BCUT2D eigenvalue weighted by atomic mass is 35.5. The van der Waals surface area contributed by atoms with Crippen LogP contribution in [0.3, 0.4) is 0 Å². The molecular weight excluding hydrogens is 530 g/mol. The number of hydrogen-bond donors (Lipinski definition) is 1. The average Bonchev–Trinajstić information content (AvgIpc) is 3.59. The van der Waals surface area contributed by atoms with Crippen molar-refractivity contribution in [2.24, 2.45) is 11.8 Å². The van der Waals surface area contributed by atoms with Crippen LogP contribution in [0.1, 0.15) is 50.1 Å². The predicted molar refractivity (Wildman–Crippen MR) is 140 cm³/mol. The minimum Gasteiger partial charge on any atom is -0.376 e. The molecule has 1 aromatic carbocycles. The predicted octanol–water partition coefficient (Wildman–Crippen LogP) is 2.08. The minimum absolute atomic E-state index is 0.100. The van der Waals surface area contributed by atoms with Crippen molar-refractivity contribution < 1.29 is 22.7 Å². The molecule has 0 aliphatic carbocycles. The standard InChI is InChI=1S/C26H34ClN5O5S/c27-21-9-7-19(8-10-21)24(23-6-3-13-37-23)29-25(33)22-5-2-12-32(22)26(34)20-4-1-11-30(17-20)38(35,36)31-15-18(14-28)16-31/h7-10,18,20,22-24H,1-6,11-13,15-17H2,(H,29,33)/t20-,22+,23+,24?/m0/s1. The molecule has 0 saturated carbocycles. The topological polar surface area (TPSA) is 123 Å². The van der Waals surface area contributed by atoms with Gasteiger partial charge in [0.15, 0.2) is 0 Å². The lowest BCUT2D eigenvalue weighted by molar-refractivity contribution is -0.143. The molecule has 0 radical (unpaired) electrons. The monoisotopic (exact) mass is 563 g/mol. The number of rotatable bonds is 7. The summed E-state index contributed by atoms with van der Waals surface area (Å²) >= 11 is 6.07. The molecule has 4 saturated heterocycles. The molecule has 1 N–H and O–H groups in total. The van der Waals surface area contributed by atoms with Crippen LogP contribution < -0.4 is 5.32 Å². The second-order valence-corrected chi connectivity index (χ2v) is 13.0. The molecule has 4 fully saturated rings. The molecule has 0 bridgehead atoms. The van der Waals surface area contributed by atoms with E-state index in [0.29, 0.717) is 50.4 Å². The van der Waals surface area contributed by atoms with E-state index < -0.39 is 22.2 Å². The Hall–Kier alpha value is -2.23. The number of nitriles is 1. The van der Waals surface area contributed by atoms with Crippen LogP contribution in [0.5, 0.6) is 0 Å². The van der Waals surface area contributed by atoms with Crippen LogP contribution in [0, 0.1) is 23.2 Å². The number of ether oxygens (including phenoxy) is 1. The first-order valence-corrected chi connectivity index (χ1v) is 15.2. The Morgan fingerprint density at radius 3 is 2.45 bits per heavy atom. The zero-order valence-electron chi connectivity index (χ0n) is 21.3. The summed E-state index contributed by atoms with van der Waals surface area (Å²) in [4.78, 5) is 28.8. The molecule has 0 spiro atoms. The van der Waals surface area contributed by atoms with Crippen LogP contribution in [0.2, 0.25) is 5.02 Å². The van der Waals surface area contributed by atoms with E-state index in [0.717, 1.165) is 18.4 Å². The largest absolute Gasteiger partial charge is 0.376 e. The minimum atomic E-state index is -3.71. The Morgan fingerprint density at radius 1 is 1.03 bits per heavy atom. The van der Waals surface area contributed by atoms with Crippen molar-refractivity contribution in [3.8, 4) is 6.07 Å². The quantitative estimate of drug-likeness (QED) is 0.542. The summed E-state index contributed by atoms with van der Waals surface area (Å²) in [5.41, 5.74) is 0.906. The number of hydrogen-bond acceptors (Lipinski definition) is 6. The summed E-state index contributed by atoms with van der Waals surface area (Å²) in [6.45, 7) is 1.97. The van der Waals surface area contributed by atoms with Crippen molar-refractivity contribution in [2.75, 3.05) is 39.3 Å². The lowest BCUT2D eigenvalue weighted by Gasteiger charge is -2.41. The highest BCUT2D eigenvalue weighted by molar-refractivity contribution is 7.86. The van der Waals surface area contributed by atoms with E-state index in [9.17, 15) is 18.0 Å². The zero-order chi connectivity index (χ0) is 26.9. The van der Waals surface area contributed by atoms with E-state index in [1.807, 2.05) is 12.1 Å². The summed E-state index contributed by atoms with van der Waals surface area (Å²) in [5, 5.41) is 12.8. The molecule has 1 aromatic rings. The summed E-state index contributed by atoms with van der Waals surface area (Å²) < 4.78 is 34.6. The van der Waals surface area contributed by atoms with Crippen LogP contribution in [-0.4, -0.2) is 85.2 Å². The van der Waals surface area contributed by atoms with Crippen molar-refractivity contribution in [1.29, 1.82) is 5.26 Å². The van der Waals surface area contributed by atoms with Crippen LogP contribution in [0.25, 0.3) is 0 Å². The summed E-state index contributed by atoms with van der Waals surface area (Å²) in [6, 6.07) is 8.51. The fourth-order valence-corrected chi connectivity index (χ4v) is 7.86. The molecule has 206 valence electrons. The molecule has 10 nitrogen and oxygen atoms in total. The molecule has 5 rings (SSSR count). The highest BCUT2D eigenvalue weighted by Gasteiger charge is 2.44. The van der Waals surface area contributed by atoms with E-state index >= 15 is 0 Å². The maximum absolute atomic E-state index is 13.6. The van der Waals surface area contributed by atoms with Gasteiger partial charge >= 0.3 is 0 Å². The van der Waals surface area contributed by atoms with Gasteiger partial charge in [-0.3, -0.25) is 9.59 Å². The SMILES string of the molecule is N#CC1CN(S(=O)(=O)N2CCC[C@H](C(=O)N3CCC[C@@H]3C(=O)NC(c3ccc(Cl)cc3)[C@H]3CCCO3)C2)C1. The molecule has 4 aliphatic heterocycles. The lowest BCUT2D eigenvalue weighted by atomic mass is 9.97. The maximum atomic E-state index is 13.6. The van der Waals surface area contributed by atoms with Crippen LogP contribution in [-0.2, 0) is 24.5 Å². The summed E-state index contributed by atoms with van der Waals surface area (Å²) in [7, 11) is -3.71. The van der Waals surface area contributed by atoms with Gasteiger partial charge in [-0.15, -0.1) is 0 Å². The maximum Gasteiger partial charge on any atom is 0.282 e. The normalized spacial score (nSPS) is 28.0. The van der Waals surface area contributed by atoms with Gasteiger partial charge in [-0.25, -0.2) is 0 Å². The molecule has 4 heterocycles. The molecule has 1 unspecified atom stereocenters. The number of amides is 2. The van der Waals surface area contributed by atoms with Crippen LogP contribution in [0.4, 0.5) is 0 Å². The average molecular weight is 564 g/mol. The van der Waals surface area contributed by atoms with Crippen molar-refractivity contribution in [3.63, 3.8) is 0 Å². The lowest BCUT2D eigenvalue weighted by Crippen LogP contribution is -2.57. The number of nitrogens with zero attached hydrogens (tertiary/aromatic N) is 4. The molecule has 4 atom stereocenters. The van der Waals surface area contributed by atoms with Crippen molar-refractivity contribution >= 4 is 33.6 Å². The third-order valence-electron chi connectivity index (χ3n) is 8.12. The van der Waals surface area contributed by atoms with Crippen molar-refractivity contribution in [1.82, 2.24) is 18.8 Å². The van der Waals surface area contributed by atoms with E-state index in [2.05, 4.69) is 11.4 Å². The first kappa shape index (κ1) is 27.3. The van der Waals surface area contributed by atoms with Crippen molar-refractivity contribution in [2.45, 2.75) is 56.7 Å². The first-order valence-electron chi connectivity index (χ1n) is 13.4. The van der Waals surface area contributed by atoms with E-state index in [1.165, 1.54) is 8.61 Å². The number of nitrogens with one attached hydrogen (secondary N) is 1. The van der Waals surface area contributed by atoms with E-state index in [4.69, 9.17) is 21.6 Å². The number of halogens is 1. The number of carbonyl (C=O) groups is 2. The molecule has 4 aliphatic rings. The zero-order valence-corrected chi connectivity index (χ0v) is 22.9. The second-order valence-electron chi connectivity index (χ2n) is 10.6. The number of benzene rings is 1. The smallest absolute Gasteiger partial charge is 0.282 e. The van der Waals surface area contributed by atoms with E-state index in [1.54, 1.807) is 17.0 Å². The van der Waals surface area contributed by atoms with Gasteiger partial charge in [-0.2, -0.15) is 22.3 Å². The number of likely N-dealkylation sites (tertiary alicyclic amines) is 1. The van der Waals surface area contributed by atoms with Crippen LogP contribution in [0.15, 0.2) is 24.3 Å². The Kier molecular flexibility index (Phi) is 8.26. The summed E-state index contributed by atoms with van der Waals surface area (Å²) in [6.07, 6.45) is 4.05. The molecule has 2 amide bonds. The molecule has 0 aromatic heterocycles. The van der Waals surface area contributed by atoms with Gasteiger partial charge in [0.25, 0.3) is 10.2 Å². The fourth-order valence-electron chi connectivity index (χ4n) is 5.94. The van der Waals surface area contributed by atoms with Gasteiger partial charge in [-0.1, -0.05) is 23.7 Å². The number of carbonyl (C=O) groups excluding carboxylic acids is 2. The molecular formula is C26H34ClN5O5S. The van der Waals surface area contributed by atoms with Crippen LogP contribution >= 0.6 is 11.6 Å². The Morgan fingerprint density at radius 2 is 1.76 bits per heavy atom. The second kappa shape index (κ2) is 11.5. The first-order chi connectivity index (χ1) is 18.3. The summed E-state index contributed by atoms with van der Waals surface area (Å²) in [5.74, 6) is -1.15. The molecule has 12 heteroatoms. The third kappa shape index (κ3) is 5.56. The van der Waals surface area contributed by atoms with Gasteiger partial charge < -0.3 is 15.0 Å². The van der Waals surface area contributed by atoms with Crippen molar-refractivity contribution in [3.05, 3.63) is 34.9 Å². The van der Waals surface area contributed by atoms with Gasteiger partial charge in [0.05, 0.1) is 30.1 Å². The van der Waals surface area contributed by atoms with Gasteiger partial charge in [0, 0.05) is 44.4 Å². The molecule has 38 heavy (non-hydrogen) atoms.